The third-order valence-electron chi connectivity index (χ3n) is 2.84. The van der Waals surface area contributed by atoms with Crippen LogP contribution in [0.2, 0.25) is 0 Å². The van der Waals surface area contributed by atoms with Crippen molar-refractivity contribution in [3.05, 3.63) is 24.3 Å². The fourth-order valence-corrected chi connectivity index (χ4v) is 1.81. The lowest BCUT2D eigenvalue weighted by molar-refractivity contribution is -0.122. The number of allylic oxidation sites excluding steroid dienone is 4. The zero-order valence-electron chi connectivity index (χ0n) is 10.7. The molecule has 1 rings (SSSR count). The number of carbonyl (C=O) groups is 2. The number of rotatable bonds is 5. The minimum Gasteiger partial charge on any atom is -0.364 e. The number of nitrogens with one attached hydrogen (secondary N) is 1. The summed E-state index contributed by atoms with van der Waals surface area (Å²) in [7, 11) is 0. The number of primary amides is 1. The molecule has 0 saturated carbocycles. The molecule has 3 N–H and O–H groups in total. The Labute approximate surface area is 107 Å². The molecule has 1 aliphatic heterocycles. The van der Waals surface area contributed by atoms with Crippen molar-refractivity contribution in [2.75, 3.05) is 0 Å². The Morgan fingerprint density at radius 2 is 2.33 bits per heavy atom. The highest BCUT2D eigenvalue weighted by Crippen LogP contribution is 2.21. The number of hydrogen-bond acceptors (Lipinski definition) is 3. The van der Waals surface area contributed by atoms with Crippen LogP contribution in [0.15, 0.2) is 29.4 Å². The van der Waals surface area contributed by atoms with Crippen LogP contribution in [-0.4, -0.2) is 17.5 Å². The van der Waals surface area contributed by atoms with Gasteiger partial charge >= 0.3 is 0 Å². The van der Waals surface area contributed by atoms with Crippen molar-refractivity contribution in [1.82, 2.24) is 5.43 Å². The van der Waals surface area contributed by atoms with E-state index in [1.807, 2.05) is 31.2 Å². The molecule has 0 radical (unpaired) electrons. The van der Waals surface area contributed by atoms with E-state index in [1.54, 1.807) is 0 Å². The van der Waals surface area contributed by atoms with Gasteiger partial charge in [0.2, 0.25) is 5.91 Å². The average Bonchev–Trinajstić information content (AvgIpc) is 2.34. The van der Waals surface area contributed by atoms with E-state index in [9.17, 15) is 9.59 Å². The van der Waals surface area contributed by atoms with Gasteiger partial charge in [0.1, 0.15) is 5.71 Å². The van der Waals surface area contributed by atoms with Crippen molar-refractivity contribution < 1.29 is 9.59 Å². The number of carbonyl (C=O) groups excluding carboxylic acids is 2. The van der Waals surface area contributed by atoms with Crippen molar-refractivity contribution in [2.24, 2.45) is 22.7 Å². The first-order valence-corrected chi connectivity index (χ1v) is 6.05. The minimum atomic E-state index is -0.579. The molecule has 0 aromatic heterocycles. The van der Waals surface area contributed by atoms with Gasteiger partial charge in [0, 0.05) is 12.3 Å². The maximum absolute atomic E-state index is 11.3. The molecule has 0 fully saturated rings. The van der Waals surface area contributed by atoms with Gasteiger partial charge in [-0.3, -0.25) is 9.59 Å². The molecule has 0 saturated heterocycles. The Kier molecular flexibility index (Phi) is 5.30. The van der Waals surface area contributed by atoms with E-state index < -0.39 is 5.91 Å². The minimum absolute atomic E-state index is 0.0313. The van der Waals surface area contributed by atoms with Crippen LogP contribution in [0.3, 0.4) is 0 Å². The highest BCUT2D eigenvalue weighted by atomic mass is 16.2. The van der Waals surface area contributed by atoms with Crippen molar-refractivity contribution in [3.8, 4) is 0 Å². The van der Waals surface area contributed by atoms with Gasteiger partial charge in [-0.05, 0) is 12.3 Å². The van der Waals surface area contributed by atoms with Crippen LogP contribution in [-0.2, 0) is 9.59 Å². The summed E-state index contributed by atoms with van der Waals surface area (Å²) in [5.41, 5.74) is 7.78. The molecular weight excluding hydrogens is 230 g/mol. The van der Waals surface area contributed by atoms with Crippen LogP contribution in [0.1, 0.15) is 26.7 Å². The molecule has 98 valence electrons. The summed E-state index contributed by atoms with van der Waals surface area (Å²) >= 11 is 0. The lowest BCUT2D eigenvalue weighted by Crippen LogP contribution is -2.42. The molecule has 0 aromatic rings. The van der Waals surface area contributed by atoms with Gasteiger partial charge in [-0.25, -0.2) is 5.43 Å². The summed E-state index contributed by atoms with van der Waals surface area (Å²) in [5.74, 6) is -0.981. The third-order valence-corrected chi connectivity index (χ3v) is 2.84. The highest BCUT2D eigenvalue weighted by Gasteiger charge is 2.31. The Morgan fingerprint density at radius 3 is 2.94 bits per heavy atom. The normalized spacial score (nSPS) is 22.0. The smallest absolute Gasteiger partial charge is 0.265 e. The standard InChI is InChI=1S/C13H19N3O2/c1-3-4-5-6-7-9(2)10-8-11(17)15-16-12(10)13(14)18/h4-7,9-10H,3,8H2,1-2H3,(H2,14,18)(H,15,17)/b5-4+,7-6+. The predicted molar refractivity (Wildman–Crippen MR) is 70.6 cm³/mol. The van der Waals surface area contributed by atoms with Gasteiger partial charge in [0.05, 0.1) is 0 Å². The summed E-state index contributed by atoms with van der Waals surface area (Å²) in [5, 5.41) is 3.75. The average molecular weight is 249 g/mol. The fraction of sp³-hybridized carbons (Fsp3) is 0.462. The van der Waals surface area contributed by atoms with E-state index in [1.165, 1.54) is 0 Å². The second kappa shape index (κ2) is 6.74. The molecule has 2 unspecified atom stereocenters. The lowest BCUT2D eigenvalue weighted by Gasteiger charge is -2.24. The molecule has 2 atom stereocenters. The first kappa shape index (κ1) is 14.2. The summed E-state index contributed by atoms with van der Waals surface area (Å²) < 4.78 is 0. The van der Waals surface area contributed by atoms with Gasteiger partial charge in [-0.1, -0.05) is 38.2 Å². The highest BCUT2D eigenvalue weighted by molar-refractivity contribution is 6.39. The summed E-state index contributed by atoms with van der Waals surface area (Å²) in [6, 6.07) is 0. The number of hydrazone groups is 1. The largest absolute Gasteiger partial charge is 0.364 e. The van der Waals surface area contributed by atoms with Crippen LogP contribution >= 0.6 is 0 Å². The van der Waals surface area contributed by atoms with Crippen LogP contribution in [0.25, 0.3) is 0 Å². The molecule has 0 spiro atoms. The van der Waals surface area contributed by atoms with Gasteiger partial charge in [0.15, 0.2) is 0 Å². The maximum atomic E-state index is 11.3. The van der Waals surface area contributed by atoms with Gasteiger partial charge in [-0.15, -0.1) is 0 Å². The van der Waals surface area contributed by atoms with E-state index in [2.05, 4.69) is 17.5 Å². The van der Waals surface area contributed by atoms with Gasteiger partial charge < -0.3 is 5.73 Å². The Bertz CT molecular complexity index is 410. The first-order valence-electron chi connectivity index (χ1n) is 6.05. The fourth-order valence-electron chi connectivity index (χ4n) is 1.81. The Balaban J connectivity index is 2.78. The van der Waals surface area contributed by atoms with Crippen molar-refractivity contribution in [3.63, 3.8) is 0 Å². The Morgan fingerprint density at radius 1 is 1.61 bits per heavy atom. The summed E-state index contributed by atoms with van der Waals surface area (Å²) in [4.78, 5) is 22.6. The monoisotopic (exact) mass is 249 g/mol. The summed E-state index contributed by atoms with van der Waals surface area (Å²) in [6.07, 6.45) is 9.05. The second-order valence-electron chi connectivity index (χ2n) is 4.29. The number of amides is 2. The lowest BCUT2D eigenvalue weighted by atomic mass is 9.85. The van der Waals surface area contributed by atoms with Gasteiger partial charge in [-0.2, -0.15) is 5.10 Å². The zero-order chi connectivity index (χ0) is 13.5. The predicted octanol–water partition coefficient (Wildman–Crippen LogP) is 1.12. The molecule has 1 heterocycles. The number of nitrogens with two attached hydrogens (primary N) is 1. The molecule has 18 heavy (non-hydrogen) atoms. The third kappa shape index (κ3) is 3.84. The van der Waals surface area contributed by atoms with Crippen molar-refractivity contribution in [2.45, 2.75) is 26.7 Å². The Hall–Kier alpha value is -1.91. The van der Waals surface area contributed by atoms with Crippen molar-refractivity contribution >= 4 is 17.5 Å². The topological polar surface area (TPSA) is 84.6 Å². The van der Waals surface area contributed by atoms with E-state index in [-0.39, 0.29) is 29.9 Å². The maximum Gasteiger partial charge on any atom is 0.265 e. The second-order valence-corrected chi connectivity index (χ2v) is 4.29. The zero-order valence-corrected chi connectivity index (χ0v) is 10.7. The van der Waals surface area contributed by atoms with E-state index in [0.717, 1.165) is 6.42 Å². The van der Waals surface area contributed by atoms with Crippen LogP contribution in [0.5, 0.6) is 0 Å². The molecular formula is C13H19N3O2. The van der Waals surface area contributed by atoms with E-state index in [4.69, 9.17) is 5.73 Å². The van der Waals surface area contributed by atoms with Crippen LogP contribution < -0.4 is 11.2 Å². The van der Waals surface area contributed by atoms with Crippen LogP contribution in [0.4, 0.5) is 0 Å². The first-order chi connectivity index (χ1) is 8.56. The van der Waals surface area contributed by atoms with Crippen LogP contribution in [0, 0.1) is 11.8 Å². The molecule has 2 amide bonds. The number of nitrogens with zero attached hydrogens (tertiary/aromatic N) is 1. The SMILES string of the molecule is CC/C=C/C=C/C(C)C1CC(=O)NN=C1C(N)=O. The molecule has 5 nitrogen and oxygen atoms in total. The number of hydrogen-bond donors (Lipinski definition) is 2. The van der Waals surface area contributed by atoms with Gasteiger partial charge in [0.25, 0.3) is 5.91 Å². The molecule has 0 bridgehead atoms. The summed E-state index contributed by atoms with van der Waals surface area (Å²) in [6.45, 7) is 4.00. The van der Waals surface area contributed by atoms with E-state index >= 15 is 0 Å². The van der Waals surface area contributed by atoms with E-state index in [0.29, 0.717) is 0 Å². The molecule has 5 heteroatoms. The van der Waals surface area contributed by atoms with Crippen molar-refractivity contribution in [1.29, 1.82) is 0 Å². The molecule has 0 aromatic carbocycles. The molecule has 1 aliphatic rings. The quantitative estimate of drug-likeness (QED) is 0.715. The molecule has 0 aliphatic carbocycles.